The second kappa shape index (κ2) is 5.26. The fraction of sp³-hybridized carbons (Fsp3) is 0.250. The van der Waals surface area contributed by atoms with Crippen LogP contribution in [0.2, 0.25) is 0 Å². The molecule has 0 N–H and O–H groups in total. The predicted molar refractivity (Wildman–Crippen MR) is 77.0 cm³/mol. The lowest BCUT2D eigenvalue weighted by molar-refractivity contribution is 0.602. The summed E-state index contributed by atoms with van der Waals surface area (Å²) in [5.74, 6) is 0.771. The fourth-order valence-corrected chi connectivity index (χ4v) is 2.85. The Morgan fingerprint density at radius 1 is 1.45 bits per heavy atom. The summed E-state index contributed by atoms with van der Waals surface area (Å²) in [5.41, 5.74) is 0.100. The van der Waals surface area contributed by atoms with E-state index in [0.29, 0.717) is 17.1 Å². The van der Waals surface area contributed by atoms with E-state index in [1.54, 1.807) is 7.05 Å². The van der Waals surface area contributed by atoms with Crippen molar-refractivity contribution in [1.29, 1.82) is 5.26 Å². The monoisotopic (exact) mass is 309 g/mol. The summed E-state index contributed by atoms with van der Waals surface area (Å²) in [7, 11) is -1.82. The summed E-state index contributed by atoms with van der Waals surface area (Å²) in [5, 5.41) is 10.7. The largest absolute Gasteiger partial charge is 0.299 e. The van der Waals surface area contributed by atoms with Gasteiger partial charge >= 0.3 is 0 Å². The number of thioether (sulfide) groups is 1. The number of benzene rings is 1. The lowest BCUT2D eigenvalue weighted by Crippen LogP contribution is -2.22. The number of sulfone groups is 1. The molecular formula is C12H11N3O3S2. The molecule has 8 heteroatoms. The summed E-state index contributed by atoms with van der Waals surface area (Å²) in [6.07, 6.45) is 1.09. The molecule has 1 aromatic carbocycles. The van der Waals surface area contributed by atoms with Gasteiger partial charge in [0.25, 0.3) is 5.56 Å². The van der Waals surface area contributed by atoms with E-state index in [0.717, 1.165) is 18.0 Å². The number of nitrogens with zero attached hydrogens (tertiary/aromatic N) is 3. The maximum absolute atomic E-state index is 12.2. The van der Waals surface area contributed by atoms with Gasteiger partial charge in [0.1, 0.15) is 11.2 Å². The Bertz CT molecular complexity index is 879. The molecule has 0 aliphatic rings. The summed E-state index contributed by atoms with van der Waals surface area (Å²) in [4.78, 5) is 16.6. The molecule has 1 heterocycles. The van der Waals surface area contributed by atoms with Gasteiger partial charge in [0, 0.05) is 13.3 Å². The van der Waals surface area contributed by atoms with E-state index in [2.05, 4.69) is 4.98 Å². The van der Waals surface area contributed by atoms with Gasteiger partial charge in [-0.25, -0.2) is 13.4 Å². The summed E-state index contributed by atoms with van der Waals surface area (Å²) in [6.45, 7) is 0. The van der Waals surface area contributed by atoms with Crippen molar-refractivity contribution in [3.8, 4) is 5.40 Å². The van der Waals surface area contributed by atoms with Crippen molar-refractivity contribution < 1.29 is 8.42 Å². The van der Waals surface area contributed by atoms with Crippen molar-refractivity contribution in [1.82, 2.24) is 9.55 Å². The van der Waals surface area contributed by atoms with Crippen LogP contribution < -0.4 is 5.56 Å². The van der Waals surface area contributed by atoms with Gasteiger partial charge in [-0.15, -0.1) is 0 Å². The molecule has 1 aromatic heterocycles. The van der Waals surface area contributed by atoms with Crippen molar-refractivity contribution in [3.63, 3.8) is 0 Å². The first kappa shape index (κ1) is 14.6. The Kier molecular flexibility index (Phi) is 3.83. The highest BCUT2D eigenvalue weighted by molar-refractivity contribution is 8.02. The first-order valence-electron chi connectivity index (χ1n) is 5.55. The molecule has 0 aliphatic heterocycles. The van der Waals surface area contributed by atoms with Crippen LogP contribution in [-0.4, -0.2) is 24.2 Å². The van der Waals surface area contributed by atoms with Gasteiger partial charge in [-0.05, 0) is 30.0 Å². The average molecular weight is 309 g/mol. The lowest BCUT2D eigenvalue weighted by atomic mass is 10.2. The van der Waals surface area contributed by atoms with E-state index < -0.39 is 9.84 Å². The van der Waals surface area contributed by atoms with Gasteiger partial charge in [-0.1, -0.05) is 0 Å². The number of nitriles is 1. The maximum atomic E-state index is 12.2. The Labute approximate surface area is 120 Å². The molecule has 0 atom stereocenters. The van der Waals surface area contributed by atoms with Crippen LogP contribution in [0.25, 0.3) is 10.9 Å². The van der Waals surface area contributed by atoms with E-state index in [4.69, 9.17) is 5.26 Å². The van der Waals surface area contributed by atoms with Crippen LogP contribution in [0.1, 0.15) is 5.82 Å². The van der Waals surface area contributed by atoms with Crippen LogP contribution in [0.15, 0.2) is 27.9 Å². The van der Waals surface area contributed by atoms with Gasteiger partial charge in [0.15, 0.2) is 9.84 Å². The maximum Gasteiger partial charge on any atom is 0.261 e. The van der Waals surface area contributed by atoms with Crippen molar-refractivity contribution >= 4 is 32.5 Å². The van der Waals surface area contributed by atoms with Gasteiger partial charge < -0.3 is 0 Å². The topological polar surface area (TPSA) is 92.8 Å². The fourth-order valence-electron chi connectivity index (χ4n) is 1.75. The predicted octanol–water partition coefficient (Wildman–Crippen LogP) is 1.05. The van der Waals surface area contributed by atoms with Crippen molar-refractivity contribution in [2.45, 2.75) is 10.6 Å². The highest BCUT2D eigenvalue weighted by Crippen LogP contribution is 2.16. The summed E-state index contributed by atoms with van der Waals surface area (Å²) < 4.78 is 24.4. The third-order valence-electron chi connectivity index (χ3n) is 2.83. The SMILES string of the molecule is Cn1c(CSC#N)nc2ccc(S(C)(=O)=O)cc2c1=O. The van der Waals surface area contributed by atoms with E-state index in [1.165, 1.54) is 22.8 Å². The Hall–Kier alpha value is -1.85. The molecule has 0 saturated heterocycles. The van der Waals surface area contributed by atoms with Crippen molar-refractivity contribution in [2.75, 3.05) is 6.26 Å². The van der Waals surface area contributed by atoms with Crippen LogP contribution in [0.4, 0.5) is 0 Å². The molecule has 0 aliphatic carbocycles. The number of hydrogen-bond donors (Lipinski definition) is 0. The molecule has 6 nitrogen and oxygen atoms in total. The molecule has 0 radical (unpaired) electrons. The molecule has 2 aromatic rings. The number of fused-ring (bicyclic) bond motifs is 1. The molecule has 20 heavy (non-hydrogen) atoms. The second-order valence-corrected chi connectivity index (χ2v) is 7.00. The van der Waals surface area contributed by atoms with Crippen LogP contribution in [-0.2, 0) is 22.6 Å². The normalized spacial score (nSPS) is 11.4. The van der Waals surface area contributed by atoms with E-state index in [1.807, 2.05) is 5.40 Å². The van der Waals surface area contributed by atoms with Crippen molar-refractivity contribution in [3.05, 3.63) is 34.4 Å². The number of rotatable bonds is 3. The minimum Gasteiger partial charge on any atom is -0.299 e. The second-order valence-electron chi connectivity index (χ2n) is 4.22. The van der Waals surface area contributed by atoms with Crippen LogP contribution in [0.3, 0.4) is 0 Å². The molecule has 0 fully saturated rings. The van der Waals surface area contributed by atoms with Gasteiger partial charge in [-0.3, -0.25) is 9.36 Å². The summed E-state index contributed by atoms with van der Waals surface area (Å²) >= 11 is 0.987. The van der Waals surface area contributed by atoms with E-state index in [-0.39, 0.29) is 15.8 Å². The Morgan fingerprint density at radius 2 is 2.15 bits per heavy atom. The molecule has 0 amide bonds. The standard InChI is InChI=1S/C12H11N3O3S2/c1-15-11(6-19-7-13)14-10-4-3-8(20(2,17)18)5-9(10)12(15)16/h3-5H,6H2,1-2H3. The van der Waals surface area contributed by atoms with E-state index >= 15 is 0 Å². The lowest BCUT2D eigenvalue weighted by Gasteiger charge is -2.08. The number of thiocyanates is 1. The molecule has 104 valence electrons. The Balaban J connectivity index is 2.71. The zero-order chi connectivity index (χ0) is 14.9. The molecule has 0 spiro atoms. The number of aromatic nitrogens is 2. The van der Waals surface area contributed by atoms with Gasteiger partial charge in [-0.2, -0.15) is 5.26 Å². The third kappa shape index (κ3) is 2.69. The van der Waals surface area contributed by atoms with Crippen molar-refractivity contribution in [2.24, 2.45) is 7.05 Å². The zero-order valence-corrected chi connectivity index (χ0v) is 12.5. The highest BCUT2D eigenvalue weighted by atomic mass is 32.2. The van der Waals surface area contributed by atoms with E-state index in [9.17, 15) is 13.2 Å². The third-order valence-corrected chi connectivity index (χ3v) is 4.48. The first-order valence-corrected chi connectivity index (χ1v) is 8.43. The van der Waals surface area contributed by atoms with Crippen LogP contribution >= 0.6 is 11.8 Å². The van der Waals surface area contributed by atoms with Crippen LogP contribution in [0, 0.1) is 10.7 Å². The molecule has 0 bridgehead atoms. The first-order chi connectivity index (χ1) is 9.34. The smallest absolute Gasteiger partial charge is 0.261 e. The Morgan fingerprint density at radius 3 is 2.75 bits per heavy atom. The summed E-state index contributed by atoms with van der Waals surface area (Å²) in [6, 6.07) is 4.26. The zero-order valence-electron chi connectivity index (χ0n) is 10.8. The molecular weight excluding hydrogens is 298 g/mol. The highest BCUT2D eigenvalue weighted by Gasteiger charge is 2.12. The number of hydrogen-bond acceptors (Lipinski definition) is 6. The van der Waals surface area contributed by atoms with Gasteiger partial charge in [0.2, 0.25) is 0 Å². The van der Waals surface area contributed by atoms with Crippen LogP contribution in [0.5, 0.6) is 0 Å². The quantitative estimate of drug-likeness (QED) is 0.787. The molecule has 0 saturated carbocycles. The molecule has 2 rings (SSSR count). The molecule has 0 unspecified atom stereocenters. The average Bonchev–Trinajstić information content (AvgIpc) is 2.39. The minimum absolute atomic E-state index is 0.0862. The van der Waals surface area contributed by atoms with Gasteiger partial charge in [0.05, 0.1) is 21.6 Å². The minimum atomic E-state index is -3.37.